The molecule has 2 heterocycles. The molecule has 0 saturated carbocycles. The van der Waals surface area contributed by atoms with Crippen LogP contribution in [0.3, 0.4) is 0 Å². The van der Waals surface area contributed by atoms with E-state index in [2.05, 4.69) is 9.72 Å². The highest BCUT2D eigenvalue weighted by molar-refractivity contribution is 5.90. The summed E-state index contributed by atoms with van der Waals surface area (Å²) in [5.41, 5.74) is 1.94. The van der Waals surface area contributed by atoms with Gasteiger partial charge in [-0.2, -0.15) is 0 Å². The van der Waals surface area contributed by atoms with Gasteiger partial charge in [-0.3, -0.25) is 4.98 Å². The minimum absolute atomic E-state index is 0.108. The van der Waals surface area contributed by atoms with Gasteiger partial charge in [-0.05, 0) is 18.2 Å². The van der Waals surface area contributed by atoms with Gasteiger partial charge in [0.2, 0.25) is 0 Å². The maximum absolute atomic E-state index is 11.4. The number of ether oxygens (including phenoxy) is 1. The monoisotopic (exact) mass is 232 g/mol. The predicted octanol–water partition coefficient (Wildman–Crippen LogP) is 1.58. The number of hydrogen-bond donors (Lipinski definition) is 1. The molecular formula is C12H12N2O3. The van der Waals surface area contributed by atoms with Gasteiger partial charge >= 0.3 is 5.97 Å². The average Bonchev–Trinajstić information content (AvgIpc) is 2.71. The third kappa shape index (κ3) is 2.13. The molecule has 17 heavy (non-hydrogen) atoms. The molecule has 0 unspecified atom stereocenters. The van der Waals surface area contributed by atoms with Crippen LogP contribution in [-0.2, 0) is 11.8 Å². The van der Waals surface area contributed by atoms with Gasteiger partial charge < -0.3 is 14.4 Å². The number of esters is 1. The topological polar surface area (TPSA) is 64.3 Å². The predicted molar refractivity (Wildman–Crippen MR) is 61.6 cm³/mol. The van der Waals surface area contributed by atoms with Crippen molar-refractivity contribution in [3.05, 3.63) is 36.2 Å². The molecule has 0 saturated heterocycles. The van der Waals surface area contributed by atoms with E-state index in [1.165, 1.54) is 13.3 Å². The highest BCUT2D eigenvalue weighted by Crippen LogP contribution is 2.21. The van der Waals surface area contributed by atoms with E-state index in [0.717, 1.165) is 5.69 Å². The molecule has 5 nitrogen and oxygen atoms in total. The number of aryl methyl sites for hydroxylation is 1. The molecule has 0 aliphatic rings. The van der Waals surface area contributed by atoms with Gasteiger partial charge in [0.15, 0.2) is 0 Å². The molecule has 2 rings (SSSR count). The van der Waals surface area contributed by atoms with Gasteiger partial charge in [-0.1, -0.05) is 0 Å². The lowest BCUT2D eigenvalue weighted by atomic mass is 10.2. The molecule has 0 aliphatic heterocycles. The summed E-state index contributed by atoms with van der Waals surface area (Å²) in [5.74, 6) is -0.276. The second kappa shape index (κ2) is 4.29. The van der Waals surface area contributed by atoms with Gasteiger partial charge in [0, 0.05) is 13.2 Å². The van der Waals surface area contributed by atoms with Crippen molar-refractivity contribution in [2.45, 2.75) is 0 Å². The Morgan fingerprint density at radius 2 is 2.24 bits per heavy atom. The summed E-state index contributed by atoms with van der Waals surface area (Å²) in [6.45, 7) is 0. The molecule has 0 spiro atoms. The van der Waals surface area contributed by atoms with Crippen molar-refractivity contribution in [1.82, 2.24) is 9.55 Å². The van der Waals surface area contributed by atoms with Gasteiger partial charge in [0.1, 0.15) is 5.75 Å². The van der Waals surface area contributed by atoms with E-state index >= 15 is 0 Å². The minimum Gasteiger partial charge on any atom is -0.506 e. The van der Waals surface area contributed by atoms with E-state index in [4.69, 9.17) is 5.11 Å². The summed E-state index contributed by atoms with van der Waals surface area (Å²) in [6, 6.07) is 4.93. The second-order valence-corrected chi connectivity index (χ2v) is 3.62. The van der Waals surface area contributed by atoms with Crippen molar-refractivity contribution in [2.75, 3.05) is 7.11 Å². The van der Waals surface area contributed by atoms with Crippen LogP contribution in [0.5, 0.6) is 5.75 Å². The Labute approximate surface area is 98.3 Å². The van der Waals surface area contributed by atoms with Crippen LogP contribution in [0.2, 0.25) is 0 Å². The van der Waals surface area contributed by atoms with E-state index in [1.807, 2.05) is 7.05 Å². The summed E-state index contributed by atoms with van der Waals surface area (Å²) in [4.78, 5) is 15.5. The standard InChI is InChI=1S/C12H12N2O3/c1-14-7-8(12(16)17-2)5-11(14)10-4-3-9(15)6-13-10/h3-7,15H,1-2H3. The molecule has 0 fully saturated rings. The third-order valence-electron chi connectivity index (χ3n) is 2.44. The lowest BCUT2D eigenvalue weighted by Gasteiger charge is -2.01. The fraction of sp³-hybridized carbons (Fsp3) is 0.167. The average molecular weight is 232 g/mol. The van der Waals surface area contributed by atoms with Gasteiger partial charge in [-0.15, -0.1) is 0 Å². The smallest absolute Gasteiger partial charge is 0.339 e. The van der Waals surface area contributed by atoms with Crippen LogP contribution in [0.15, 0.2) is 30.6 Å². The summed E-state index contributed by atoms with van der Waals surface area (Å²) < 4.78 is 6.43. The maximum Gasteiger partial charge on any atom is 0.339 e. The summed E-state index contributed by atoms with van der Waals surface area (Å²) in [6.07, 6.45) is 3.04. The van der Waals surface area contributed by atoms with E-state index in [9.17, 15) is 4.79 Å². The SMILES string of the molecule is COC(=O)c1cc(-c2ccc(O)cn2)n(C)c1. The van der Waals surface area contributed by atoms with Crippen LogP contribution in [-0.4, -0.2) is 27.7 Å². The van der Waals surface area contributed by atoms with Gasteiger partial charge in [0.25, 0.3) is 0 Å². The van der Waals surface area contributed by atoms with E-state index in [0.29, 0.717) is 11.3 Å². The lowest BCUT2D eigenvalue weighted by molar-refractivity contribution is 0.0600. The van der Waals surface area contributed by atoms with Crippen LogP contribution in [0.4, 0.5) is 0 Å². The van der Waals surface area contributed by atoms with Crippen molar-refractivity contribution in [3.8, 4) is 17.1 Å². The maximum atomic E-state index is 11.4. The number of carbonyl (C=O) groups is 1. The van der Waals surface area contributed by atoms with Crippen LogP contribution in [0.1, 0.15) is 10.4 Å². The molecule has 0 atom stereocenters. The zero-order valence-corrected chi connectivity index (χ0v) is 9.54. The number of nitrogens with zero attached hydrogens (tertiary/aromatic N) is 2. The molecular weight excluding hydrogens is 220 g/mol. The Balaban J connectivity index is 2.42. The number of carbonyl (C=O) groups excluding carboxylic acids is 1. The van der Waals surface area contributed by atoms with Crippen molar-refractivity contribution >= 4 is 5.97 Å². The molecule has 0 amide bonds. The van der Waals surface area contributed by atoms with E-state index in [1.54, 1.807) is 29.0 Å². The first-order chi connectivity index (χ1) is 8.11. The van der Waals surface area contributed by atoms with Crippen molar-refractivity contribution < 1.29 is 14.6 Å². The highest BCUT2D eigenvalue weighted by Gasteiger charge is 2.12. The molecule has 0 bridgehead atoms. The number of aromatic hydroxyl groups is 1. The van der Waals surface area contributed by atoms with Crippen molar-refractivity contribution in [1.29, 1.82) is 0 Å². The minimum atomic E-state index is -0.384. The fourth-order valence-corrected chi connectivity index (χ4v) is 1.59. The molecule has 0 radical (unpaired) electrons. The summed E-state index contributed by atoms with van der Waals surface area (Å²) in [5, 5.41) is 9.16. The molecule has 5 heteroatoms. The van der Waals surface area contributed by atoms with E-state index < -0.39 is 0 Å². The highest BCUT2D eigenvalue weighted by atomic mass is 16.5. The first kappa shape index (κ1) is 11.2. The molecule has 1 N–H and O–H groups in total. The summed E-state index contributed by atoms with van der Waals surface area (Å²) >= 11 is 0. The zero-order valence-electron chi connectivity index (χ0n) is 9.54. The van der Waals surface area contributed by atoms with Crippen molar-refractivity contribution in [3.63, 3.8) is 0 Å². The Hall–Kier alpha value is -2.30. The number of pyridine rings is 1. The third-order valence-corrected chi connectivity index (χ3v) is 2.44. The lowest BCUT2D eigenvalue weighted by Crippen LogP contribution is -1.98. The number of aromatic nitrogens is 2. The van der Waals surface area contributed by atoms with Gasteiger partial charge in [0.05, 0.1) is 30.3 Å². The summed E-state index contributed by atoms with van der Waals surface area (Å²) in [7, 11) is 3.16. The first-order valence-electron chi connectivity index (χ1n) is 5.02. The van der Waals surface area contributed by atoms with E-state index in [-0.39, 0.29) is 11.7 Å². The Morgan fingerprint density at radius 3 is 2.82 bits per heavy atom. The molecule has 2 aromatic heterocycles. The van der Waals surface area contributed by atoms with Crippen molar-refractivity contribution in [2.24, 2.45) is 7.05 Å². The number of methoxy groups -OCH3 is 1. The van der Waals surface area contributed by atoms with Crippen LogP contribution >= 0.6 is 0 Å². The number of hydrogen-bond acceptors (Lipinski definition) is 4. The Morgan fingerprint density at radius 1 is 1.47 bits per heavy atom. The van der Waals surface area contributed by atoms with Crippen LogP contribution in [0, 0.1) is 0 Å². The molecule has 2 aromatic rings. The first-order valence-corrected chi connectivity index (χ1v) is 5.02. The molecule has 0 aromatic carbocycles. The quantitative estimate of drug-likeness (QED) is 0.798. The van der Waals surface area contributed by atoms with Crippen LogP contribution in [0.25, 0.3) is 11.4 Å². The van der Waals surface area contributed by atoms with Crippen LogP contribution < -0.4 is 0 Å². The zero-order chi connectivity index (χ0) is 12.4. The largest absolute Gasteiger partial charge is 0.506 e. The molecule has 0 aliphatic carbocycles. The Bertz CT molecular complexity index is 543. The van der Waals surface area contributed by atoms with Gasteiger partial charge in [-0.25, -0.2) is 4.79 Å². The molecule has 88 valence electrons. The second-order valence-electron chi connectivity index (χ2n) is 3.62. The normalized spacial score (nSPS) is 10.2. The fourth-order valence-electron chi connectivity index (χ4n) is 1.59. The number of rotatable bonds is 2. The Kier molecular flexibility index (Phi) is 2.82.